The molecule has 0 aliphatic rings. The van der Waals surface area contributed by atoms with Crippen molar-refractivity contribution >= 4 is 23.4 Å². The van der Waals surface area contributed by atoms with E-state index in [0.29, 0.717) is 11.4 Å². The Morgan fingerprint density at radius 1 is 1.35 bits per heavy atom. The van der Waals surface area contributed by atoms with Gasteiger partial charge < -0.3 is 19.5 Å². The maximum absolute atomic E-state index is 12.3. The molecule has 1 heterocycles. The maximum atomic E-state index is 12.3. The lowest BCUT2D eigenvalue weighted by Crippen LogP contribution is -2.44. The van der Waals surface area contributed by atoms with Crippen LogP contribution in [0.3, 0.4) is 0 Å². The summed E-state index contributed by atoms with van der Waals surface area (Å²) < 4.78 is 10.3. The Hall–Kier alpha value is -1.67. The molecule has 0 radical (unpaired) electrons. The van der Waals surface area contributed by atoms with Crippen LogP contribution >= 0.6 is 11.3 Å². The fourth-order valence-corrected chi connectivity index (χ4v) is 3.20. The molecule has 0 aliphatic heterocycles. The Morgan fingerprint density at radius 3 is 2.46 bits per heavy atom. The quantitative estimate of drug-likeness (QED) is 0.720. The molecule has 0 unspecified atom stereocenters. The van der Waals surface area contributed by atoms with Crippen molar-refractivity contribution in [3.05, 3.63) is 16.1 Å². The van der Waals surface area contributed by atoms with Gasteiger partial charge in [0, 0.05) is 24.9 Å². The lowest BCUT2D eigenvalue weighted by molar-refractivity contribution is 0.0106. The summed E-state index contributed by atoms with van der Waals surface area (Å²) in [5.41, 5.74) is -0.400. The van der Waals surface area contributed by atoms with Gasteiger partial charge in [0.1, 0.15) is 16.7 Å². The molecule has 0 saturated heterocycles. The van der Waals surface area contributed by atoms with Gasteiger partial charge in [0.2, 0.25) is 0 Å². The number of ether oxygens (including phenoxy) is 2. The van der Waals surface area contributed by atoms with E-state index in [4.69, 9.17) is 9.47 Å². The molecule has 0 bridgehead atoms. The monoisotopic (exact) mass is 386 g/mol. The zero-order chi connectivity index (χ0) is 20.1. The number of amides is 1. The number of esters is 1. The van der Waals surface area contributed by atoms with Gasteiger partial charge in [0.15, 0.2) is 5.69 Å². The Balaban J connectivity index is 2.83. The number of rotatable bonds is 7. The molecule has 148 valence electrons. The second-order valence-electron chi connectivity index (χ2n) is 7.45. The molecule has 1 amide bonds. The summed E-state index contributed by atoms with van der Waals surface area (Å²) in [6.45, 7) is 11.4. The second-order valence-corrected chi connectivity index (χ2v) is 8.34. The van der Waals surface area contributed by atoms with Crippen LogP contribution in [0.1, 0.15) is 69.6 Å². The predicted octanol–water partition coefficient (Wildman–Crippen LogP) is 3.63. The number of carbonyl (C=O) groups is 2. The number of aliphatic hydroxyl groups excluding tert-OH is 1. The van der Waals surface area contributed by atoms with E-state index in [-0.39, 0.29) is 24.3 Å². The van der Waals surface area contributed by atoms with Gasteiger partial charge in [-0.15, -0.1) is 11.3 Å². The van der Waals surface area contributed by atoms with E-state index < -0.39 is 23.8 Å². The highest BCUT2D eigenvalue weighted by Crippen LogP contribution is 2.27. The van der Waals surface area contributed by atoms with Gasteiger partial charge in [-0.2, -0.15) is 0 Å². The normalized spacial score (nSPS) is 14.0. The van der Waals surface area contributed by atoms with Gasteiger partial charge in [-0.05, 0) is 33.6 Å². The van der Waals surface area contributed by atoms with Crippen LogP contribution in [-0.2, 0) is 9.47 Å². The SMILES string of the molecule is CCOC(=O)c1csc([C@@H](O)C[C@@H](C(C)C)N(C)C(=O)OC(C)(C)C)n1. The number of aliphatic hydroxyl groups is 1. The molecule has 0 aromatic carbocycles. The van der Waals surface area contributed by atoms with Crippen LogP contribution in [0, 0.1) is 5.92 Å². The van der Waals surface area contributed by atoms with E-state index in [0.717, 1.165) is 0 Å². The molecule has 0 spiro atoms. The first-order valence-corrected chi connectivity index (χ1v) is 9.60. The van der Waals surface area contributed by atoms with Crippen LogP contribution in [0.4, 0.5) is 4.79 Å². The molecule has 8 heteroatoms. The summed E-state index contributed by atoms with van der Waals surface area (Å²) >= 11 is 1.20. The Bertz CT molecular complexity index is 609. The van der Waals surface area contributed by atoms with Crippen molar-refractivity contribution in [2.24, 2.45) is 5.92 Å². The highest BCUT2D eigenvalue weighted by molar-refractivity contribution is 7.09. The summed E-state index contributed by atoms with van der Waals surface area (Å²) in [6, 6.07) is -0.241. The number of hydrogen-bond donors (Lipinski definition) is 1. The third-order valence-electron chi connectivity index (χ3n) is 3.70. The van der Waals surface area contributed by atoms with Gasteiger partial charge in [-0.1, -0.05) is 13.8 Å². The van der Waals surface area contributed by atoms with Gasteiger partial charge >= 0.3 is 12.1 Å². The lowest BCUT2D eigenvalue weighted by Gasteiger charge is -2.34. The highest BCUT2D eigenvalue weighted by Gasteiger charge is 2.30. The Morgan fingerprint density at radius 2 is 1.96 bits per heavy atom. The van der Waals surface area contributed by atoms with E-state index in [2.05, 4.69) is 4.98 Å². The Kier molecular flexibility index (Phi) is 8.02. The number of hydrogen-bond acceptors (Lipinski definition) is 7. The first-order chi connectivity index (χ1) is 12.0. The molecule has 2 atom stereocenters. The standard InChI is InChI=1S/C18H30N2O5S/c1-8-24-16(22)12-10-26-15(19-12)14(21)9-13(11(2)3)20(7)17(23)25-18(4,5)6/h10-11,13-14,21H,8-9H2,1-7H3/t13-,14-/m0/s1. The summed E-state index contributed by atoms with van der Waals surface area (Å²) in [4.78, 5) is 29.7. The van der Waals surface area contributed by atoms with Crippen LogP contribution in [0.5, 0.6) is 0 Å². The fraction of sp³-hybridized carbons (Fsp3) is 0.722. The van der Waals surface area contributed by atoms with Gasteiger partial charge in [0.25, 0.3) is 0 Å². The smallest absolute Gasteiger partial charge is 0.410 e. The molecule has 1 aromatic heterocycles. The molecular weight excluding hydrogens is 356 g/mol. The van der Waals surface area contributed by atoms with Crippen molar-refractivity contribution < 1.29 is 24.2 Å². The first-order valence-electron chi connectivity index (χ1n) is 8.72. The summed E-state index contributed by atoms with van der Waals surface area (Å²) in [7, 11) is 1.66. The molecule has 1 rings (SSSR count). The summed E-state index contributed by atoms with van der Waals surface area (Å²) in [6.07, 6.45) is -1.03. The number of aromatic nitrogens is 1. The van der Waals surface area contributed by atoms with Gasteiger partial charge in [-0.3, -0.25) is 0 Å². The fourth-order valence-electron chi connectivity index (χ4n) is 2.42. The first kappa shape index (κ1) is 22.4. The minimum absolute atomic E-state index is 0.103. The van der Waals surface area contributed by atoms with Crippen molar-refractivity contribution in [3.63, 3.8) is 0 Å². The lowest BCUT2D eigenvalue weighted by atomic mass is 9.97. The number of carbonyl (C=O) groups excluding carboxylic acids is 2. The minimum atomic E-state index is -0.888. The van der Waals surface area contributed by atoms with Crippen molar-refractivity contribution in [1.82, 2.24) is 9.88 Å². The van der Waals surface area contributed by atoms with Crippen molar-refractivity contribution in [3.8, 4) is 0 Å². The van der Waals surface area contributed by atoms with Crippen LogP contribution in [0.15, 0.2) is 5.38 Å². The third-order valence-corrected chi connectivity index (χ3v) is 4.65. The Labute approximate surface area is 159 Å². The molecule has 0 saturated carbocycles. The van der Waals surface area contributed by atoms with E-state index in [1.54, 1.807) is 19.4 Å². The largest absolute Gasteiger partial charge is 0.461 e. The average Bonchev–Trinajstić information content (AvgIpc) is 3.00. The van der Waals surface area contributed by atoms with Gasteiger partial charge in [0.05, 0.1) is 6.61 Å². The zero-order valence-electron chi connectivity index (χ0n) is 16.6. The van der Waals surface area contributed by atoms with E-state index in [1.807, 2.05) is 34.6 Å². The molecule has 1 aromatic rings. The third kappa shape index (κ3) is 6.57. The van der Waals surface area contributed by atoms with Gasteiger partial charge in [-0.25, -0.2) is 14.6 Å². The van der Waals surface area contributed by atoms with Crippen molar-refractivity contribution in [1.29, 1.82) is 0 Å². The van der Waals surface area contributed by atoms with E-state index in [9.17, 15) is 14.7 Å². The molecule has 7 nitrogen and oxygen atoms in total. The zero-order valence-corrected chi connectivity index (χ0v) is 17.4. The molecule has 0 fully saturated rings. The molecule has 0 aliphatic carbocycles. The summed E-state index contributed by atoms with van der Waals surface area (Å²) in [5.74, 6) is -0.403. The number of nitrogens with zero attached hydrogens (tertiary/aromatic N) is 2. The maximum Gasteiger partial charge on any atom is 0.410 e. The van der Waals surface area contributed by atoms with Crippen molar-refractivity contribution in [2.45, 2.75) is 65.7 Å². The highest BCUT2D eigenvalue weighted by atomic mass is 32.1. The topological polar surface area (TPSA) is 89.0 Å². The molecule has 26 heavy (non-hydrogen) atoms. The number of thiazole rings is 1. The summed E-state index contributed by atoms with van der Waals surface area (Å²) in [5, 5.41) is 12.5. The second kappa shape index (κ2) is 9.32. The average molecular weight is 387 g/mol. The van der Waals surface area contributed by atoms with E-state index >= 15 is 0 Å². The minimum Gasteiger partial charge on any atom is -0.461 e. The van der Waals surface area contributed by atoms with Crippen LogP contribution in [0.25, 0.3) is 0 Å². The van der Waals surface area contributed by atoms with Crippen molar-refractivity contribution in [2.75, 3.05) is 13.7 Å². The molecule has 1 N–H and O–H groups in total. The van der Waals surface area contributed by atoms with Crippen LogP contribution in [-0.4, -0.2) is 52.4 Å². The van der Waals surface area contributed by atoms with Crippen LogP contribution < -0.4 is 0 Å². The van der Waals surface area contributed by atoms with E-state index in [1.165, 1.54) is 16.2 Å². The van der Waals surface area contributed by atoms with Crippen LogP contribution in [0.2, 0.25) is 0 Å². The molecular formula is C18H30N2O5S. The predicted molar refractivity (Wildman–Crippen MR) is 100 cm³/mol.